The van der Waals surface area contributed by atoms with Crippen molar-refractivity contribution in [1.82, 2.24) is 4.90 Å². The molecule has 0 aromatic heterocycles. The number of nitrogens with zero attached hydrogens (tertiary/aromatic N) is 2. The van der Waals surface area contributed by atoms with E-state index in [0.717, 1.165) is 25.1 Å². The van der Waals surface area contributed by atoms with Gasteiger partial charge in [-0.2, -0.15) is 5.26 Å². The lowest BCUT2D eigenvalue weighted by atomic mass is 10.2. The highest BCUT2D eigenvalue weighted by Gasteiger charge is 2.13. The molecule has 1 aliphatic heterocycles. The van der Waals surface area contributed by atoms with Gasteiger partial charge in [0.15, 0.2) is 0 Å². The van der Waals surface area contributed by atoms with Crippen LogP contribution in [0.3, 0.4) is 0 Å². The zero-order valence-corrected chi connectivity index (χ0v) is 12.3. The van der Waals surface area contributed by atoms with E-state index in [1.807, 2.05) is 13.1 Å². The lowest BCUT2D eigenvalue weighted by Crippen LogP contribution is -2.12. The SMILES string of the molecule is C=CC(=C)OCCOC(=O)/C(C#N)=C\C=C1/CCCN1C. The molecule has 1 heterocycles. The minimum absolute atomic E-state index is 0.0228. The van der Waals surface area contributed by atoms with E-state index in [4.69, 9.17) is 14.7 Å². The lowest BCUT2D eigenvalue weighted by molar-refractivity contribution is -0.139. The Morgan fingerprint density at radius 3 is 2.76 bits per heavy atom. The number of allylic oxidation sites excluding steroid dienone is 4. The molecule has 0 unspecified atom stereocenters. The van der Waals surface area contributed by atoms with E-state index in [2.05, 4.69) is 18.1 Å². The van der Waals surface area contributed by atoms with Crippen molar-refractivity contribution in [3.8, 4) is 6.07 Å². The van der Waals surface area contributed by atoms with Crippen LogP contribution in [0, 0.1) is 11.3 Å². The fraction of sp³-hybridized carbons (Fsp3) is 0.375. The molecule has 0 aromatic carbocycles. The van der Waals surface area contributed by atoms with Gasteiger partial charge < -0.3 is 14.4 Å². The molecule has 5 nitrogen and oxygen atoms in total. The van der Waals surface area contributed by atoms with Gasteiger partial charge >= 0.3 is 5.97 Å². The molecular weight excluding hydrogens is 268 g/mol. The molecule has 0 aromatic rings. The summed E-state index contributed by atoms with van der Waals surface area (Å²) in [5.74, 6) is -0.237. The molecule has 0 atom stereocenters. The van der Waals surface area contributed by atoms with E-state index in [9.17, 15) is 4.79 Å². The Bertz CT molecular complexity index is 512. The number of carbonyl (C=O) groups excluding carboxylic acids is 1. The molecule has 5 heteroatoms. The quantitative estimate of drug-likeness (QED) is 0.180. The molecule has 21 heavy (non-hydrogen) atoms. The molecule has 0 saturated carbocycles. The van der Waals surface area contributed by atoms with Gasteiger partial charge in [0, 0.05) is 19.3 Å². The Kier molecular flexibility index (Phi) is 6.82. The summed E-state index contributed by atoms with van der Waals surface area (Å²) in [7, 11) is 1.99. The van der Waals surface area contributed by atoms with Crippen LogP contribution in [0.2, 0.25) is 0 Å². The van der Waals surface area contributed by atoms with Gasteiger partial charge in [-0.1, -0.05) is 13.2 Å². The first kappa shape index (κ1) is 16.6. The van der Waals surface area contributed by atoms with Crippen LogP contribution in [-0.4, -0.2) is 37.7 Å². The number of esters is 1. The Morgan fingerprint density at radius 2 is 2.19 bits per heavy atom. The van der Waals surface area contributed by atoms with Crippen LogP contribution in [0.1, 0.15) is 12.8 Å². The van der Waals surface area contributed by atoms with E-state index in [-0.39, 0.29) is 18.8 Å². The monoisotopic (exact) mass is 288 g/mol. The molecular formula is C16H20N2O3. The van der Waals surface area contributed by atoms with Gasteiger partial charge in [0.1, 0.15) is 30.6 Å². The van der Waals surface area contributed by atoms with Crippen LogP contribution < -0.4 is 0 Å². The maximum atomic E-state index is 11.7. The van der Waals surface area contributed by atoms with Crippen LogP contribution in [0.15, 0.2) is 48.4 Å². The summed E-state index contributed by atoms with van der Waals surface area (Å²) in [6.07, 6.45) is 6.81. The highest BCUT2D eigenvalue weighted by molar-refractivity contribution is 5.93. The number of carbonyl (C=O) groups is 1. The van der Waals surface area contributed by atoms with Crippen molar-refractivity contribution >= 4 is 5.97 Å². The second kappa shape index (κ2) is 8.64. The maximum Gasteiger partial charge on any atom is 0.349 e. The molecule has 0 spiro atoms. The number of rotatable bonds is 7. The van der Waals surface area contributed by atoms with Gasteiger partial charge in [-0.25, -0.2) is 4.79 Å². The second-order valence-electron chi connectivity index (χ2n) is 4.53. The smallest absolute Gasteiger partial charge is 0.349 e. The predicted octanol–water partition coefficient (Wildman–Crippen LogP) is 2.31. The Morgan fingerprint density at radius 1 is 1.48 bits per heavy atom. The molecule has 1 rings (SSSR count). The van der Waals surface area contributed by atoms with Crippen molar-refractivity contribution in [2.75, 3.05) is 26.8 Å². The van der Waals surface area contributed by atoms with E-state index >= 15 is 0 Å². The number of hydrogen-bond acceptors (Lipinski definition) is 5. The van der Waals surface area contributed by atoms with Gasteiger partial charge in [-0.05, 0) is 31.1 Å². The molecule has 1 saturated heterocycles. The van der Waals surface area contributed by atoms with Gasteiger partial charge in [0.2, 0.25) is 0 Å². The summed E-state index contributed by atoms with van der Waals surface area (Å²) < 4.78 is 10.1. The molecule has 112 valence electrons. The third-order valence-corrected chi connectivity index (χ3v) is 3.03. The molecule has 0 N–H and O–H groups in total. The van der Waals surface area contributed by atoms with Crippen molar-refractivity contribution < 1.29 is 14.3 Å². The fourth-order valence-corrected chi connectivity index (χ4v) is 1.82. The Hall–Kier alpha value is -2.48. The van der Waals surface area contributed by atoms with Crippen molar-refractivity contribution in [1.29, 1.82) is 5.26 Å². The summed E-state index contributed by atoms with van der Waals surface area (Å²) in [4.78, 5) is 13.8. The summed E-state index contributed by atoms with van der Waals surface area (Å²) in [6, 6.07) is 1.85. The average molecular weight is 288 g/mol. The van der Waals surface area contributed by atoms with E-state index in [1.54, 1.807) is 6.08 Å². The Labute approximate surface area is 125 Å². The highest BCUT2D eigenvalue weighted by Crippen LogP contribution is 2.18. The lowest BCUT2D eigenvalue weighted by Gasteiger charge is -2.11. The fourth-order valence-electron chi connectivity index (χ4n) is 1.82. The number of nitriles is 1. The van der Waals surface area contributed by atoms with Crippen LogP contribution in [0.4, 0.5) is 0 Å². The zero-order valence-electron chi connectivity index (χ0n) is 12.3. The normalized spacial score (nSPS) is 16.5. The molecule has 1 aliphatic rings. The topological polar surface area (TPSA) is 62.6 Å². The van der Waals surface area contributed by atoms with Crippen LogP contribution in [0.25, 0.3) is 0 Å². The van der Waals surface area contributed by atoms with Crippen molar-refractivity contribution in [3.63, 3.8) is 0 Å². The van der Waals surface area contributed by atoms with E-state index in [0.29, 0.717) is 5.76 Å². The highest BCUT2D eigenvalue weighted by atomic mass is 16.6. The third-order valence-electron chi connectivity index (χ3n) is 3.03. The largest absolute Gasteiger partial charge is 0.491 e. The molecule has 0 amide bonds. The summed E-state index contributed by atoms with van der Waals surface area (Å²) in [5.41, 5.74) is 1.09. The van der Waals surface area contributed by atoms with Crippen LogP contribution in [0.5, 0.6) is 0 Å². The zero-order chi connectivity index (χ0) is 15.7. The molecule has 0 aliphatic carbocycles. The molecule has 0 bridgehead atoms. The number of hydrogen-bond donors (Lipinski definition) is 0. The summed E-state index contributed by atoms with van der Waals surface area (Å²) in [6.45, 7) is 8.29. The average Bonchev–Trinajstić information content (AvgIpc) is 2.89. The number of ether oxygens (including phenoxy) is 2. The predicted molar refractivity (Wildman–Crippen MR) is 79.9 cm³/mol. The number of likely N-dealkylation sites (tertiary alicyclic amines) is 1. The van der Waals surface area contributed by atoms with Crippen molar-refractivity contribution in [3.05, 3.63) is 48.4 Å². The minimum atomic E-state index is -0.650. The van der Waals surface area contributed by atoms with E-state index in [1.165, 1.54) is 12.2 Å². The molecule has 1 fully saturated rings. The third kappa shape index (κ3) is 5.57. The molecule has 0 radical (unpaired) electrons. The van der Waals surface area contributed by atoms with Gasteiger partial charge in [0.05, 0.1) is 0 Å². The first-order chi connectivity index (χ1) is 10.1. The first-order valence-corrected chi connectivity index (χ1v) is 6.72. The van der Waals surface area contributed by atoms with Gasteiger partial charge in [0.25, 0.3) is 0 Å². The van der Waals surface area contributed by atoms with E-state index < -0.39 is 5.97 Å². The van der Waals surface area contributed by atoms with Crippen molar-refractivity contribution in [2.24, 2.45) is 0 Å². The summed E-state index contributed by atoms with van der Waals surface area (Å²) in [5, 5.41) is 9.00. The summed E-state index contributed by atoms with van der Waals surface area (Å²) >= 11 is 0. The van der Waals surface area contributed by atoms with Crippen LogP contribution in [-0.2, 0) is 14.3 Å². The maximum absolute atomic E-state index is 11.7. The minimum Gasteiger partial charge on any atom is -0.491 e. The first-order valence-electron chi connectivity index (χ1n) is 6.72. The Balaban J connectivity index is 2.48. The van der Waals surface area contributed by atoms with Gasteiger partial charge in [-0.3, -0.25) is 0 Å². The van der Waals surface area contributed by atoms with Crippen molar-refractivity contribution in [2.45, 2.75) is 12.8 Å². The second-order valence-corrected chi connectivity index (χ2v) is 4.53. The van der Waals surface area contributed by atoms with Gasteiger partial charge in [-0.15, -0.1) is 0 Å². The standard InChI is InChI=1S/C16H20N2O3/c1-4-13(2)20-10-11-21-16(19)14(12-17)7-8-15-6-5-9-18(15)3/h4,7-8H,1-2,5-6,9-11H2,3H3/b14-7-,15-8+. The van der Waals surface area contributed by atoms with Crippen LogP contribution >= 0.6 is 0 Å².